The minimum atomic E-state index is 0.769. The minimum absolute atomic E-state index is 0.769. The van der Waals surface area contributed by atoms with E-state index >= 15 is 0 Å². The Labute approximate surface area is 54.5 Å². The van der Waals surface area contributed by atoms with Crippen molar-refractivity contribution in [3.63, 3.8) is 0 Å². The molecule has 4 heteroatoms. The maximum absolute atomic E-state index is 4.87. The predicted molar refractivity (Wildman–Crippen MR) is 40.4 cm³/mol. The highest BCUT2D eigenvalue weighted by molar-refractivity contribution is 7.13. The second-order valence-corrected chi connectivity index (χ2v) is 3.22. The predicted octanol–water partition coefficient (Wildman–Crippen LogP) is 0.515. The fourth-order valence-corrected chi connectivity index (χ4v) is 1.72. The van der Waals surface area contributed by atoms with Crippen molar-refractivity contribution in [3.8, 4) is 0 Å². The van der Waals surface area contributed by atoms with Crippen LogP contribution in [0.4, 0.5) is 0 Å². The quantitative estimate of drug-likeness (QED) is 0.533. The lowest BCUT2D eigenvalue weighted by atomic mass is 10.1. The third kappa shape index (κ3) is 1.63. The van der Waals surface area contributed by atoms with Crippen molar-refractivity contribution in [2.45, 2.75) is 0 Å². The Kier molecular flexibility index (Phi) is 2.65. The molecule has 48 valence electrons. The smallest absolute Gasteiger partial charge is 0.0554 e. The number of nitrogens with zero attached hydrogens (tertiary/aromatic N) is 1. The van der Waals surface area contributed by atoms with Gasteiger partial charge in [-0.25, -0.2) is 0 Å². The highest BCUT2D eigenvalue weighted by Crippen LogP contribution is 2.19. The topological polar surface area (TPSA) is 12.5 Å². The Bertz CT molecular complexity index is 71.7. The molecule has 8 heavy (non-hydrogen) atoms. The van der Waals surface area contributed by atoms with Crippen LogP contribution < -0.4 is 0 Å². The molecule has 0 amide bonds. The molecule has 0 aliphatic carbocycles. The Morgan fingerprint density at radius 1 is 1.62 bits per heavy atom. The van der Waals surface area contributed by atoms with Gasteiger partial charge in [-0.15, -0.1) is 0 Å². The summed E-state index contributed by atoms with van der Waals surface area (Å²) in [5.41, 5.74) is 0. The van der Waals surface area contributed by atoms with Crippen LogP contribution in [0.3, 0.4) is 0 Å². The van der Waals surface area contributed by atoms with E-state index in [4.69, 9.17) is 4.52 Å². The molecule has 0 N–H and O–H groups in total. The van der Waals surface area contributed by atoms with Crippen LogP contribution in [0, 0.1) is 5.92 Å². The van der Waals surface area contributed by atoms with Crippen LogP contribution >= 0.6 is 18.9 Å². The summed E-state index contributed by atoms with van der Waals surface area (Å²) in [4.78, 5) is 0. The molecule has 1 rings (SSSR count). The molecule has 0 spiro atoms. The van der Waals surface area contributed by atoms with Crippen LogP contribution in [0.5, 0.6) is 0 Å². The van der Waals surface area contributed by atoms with Gasteiger partial charge in [0.15, 0.2) is 0 Å². The summed E-state index contributed by atoms with van der Waals surface area (Å²) >= 11 is 0. The Morgan fingerprint density at radius 2 is 2.25 bits per heavy atom. The van der Waals surface area contributed by atoms with Crippen molar-refractivity contribution in [2.75, 3.05) is 19.7 Å². The summed E-state index contributed by atoms with van der Waals surface area (Å²) in [5.74, 6) is 0.769. The van der Waals surface area contributed by atoms with Crippen molar-refractivity contribution in [3.05, 3.63) is 0 Å². The first-order valence-electron chi connectivity index (χ1n) is 2.64. The molecule has 0 aromatic heterocycles. The lowest BCUT2D eigenvalue weighted by Gasteiger charge is -2.34. The summed E-state index contributed by atoms with van der Waals surface area (Å²) in [6, 6.07) is 0. The van der Waals surface area contributed by atoms with Crippen molar-refractivity contribution >= 4 is 18.9 Å². The summed E-state index contributed by atoms with van der Waals surface area (Å²) in [6.45, 7) is 3.22. The van der Waals surface area contributed by atoms with Gasteiger partial charge in [0.05, 0.1) is 6.61 Å². The molecule has 2 nitrogen and oxygen atoms in total. The molecule has 1 aliphatic heterocycles. The maximum Gasteiger partial charge on any atom is 0.0554 e. The van der Waals surface area contributed by atoms with E-state index in [2.05, 4.69) is 23.5 Å². The molecule has 1 aliphatic rings. The fraction of sp³-hybridized carbons (Fsp3) is 1.00. The van der Waals surface area contributed by atoms with E-state index in [1.807, 2.05) is 0 Å². The summed E-state index contributed by atoms with van der Waals surface area (Å²) in [7, 11) is 4.94. The molecule has 0 radical (unpaired) electrons. The standard InChI is InChI=1S/C4H11NOP2/c7-5-1-4(2-5)3-6-8/h4H,1-3,7-8H2. The zero-order chi connectivity index (χ0) is 5.98. The zero-order valence-electron chi connectivity index (χ0n) is 4.71. The highest BCUT2D eigenvalue weighted by Gasteiger charge is 2.22. The van der Waals surface area contributed by atoms with Gasteiger partial charge in [-0.1, -0.05) is 9.39 Å². The summed E-state index contributed by atoms with van der Waals surface area (Å²) in [5, 5.41) is 0. The normalized spacial score (nSPS) is 23.2. The first-order valence-corrected chi connectivity index (χ1v) is 3.63. The van der Waals surface area contributed by atoms with Crippen molar-refractivity contribution in [1.29, 1.82) is 0 Å². The van der Waals surface area contributed by atoms with Crippen molar-refractivity contribution in [2.24, 2.45) is 5.92 Å². The van der Waals surface area contributed by atoms with E-state index in [0.29, 0.717) is 0 Å². The molecule has 0 bridgehead atoms. The molecular weight excluding hydrogens is 140 g/mol. The minimum Gasteiger partial charge on any atom is -0.365 e. The van der Waals surface area contributed by atoms with E-state index in [1.54, 1.807) is 0 Å². The average Bonchev–Trinajstić information content (AvgIpc) is 1.64. The van der Waals surface area contributed by atoms with Gasteiger partial charge in [0.1, 0.15) is 0 Å². The first-order chi connectivity index (χ1) is 3.83. The van der Waals surface area contributed by atoms with Gasteiger partial charge in [0.25, 0.3) is 0 Å². The Morgan fingerprint density at radius 3 is 2.62 bits per heavy atom. The van der Waals surface area contributed by atoms with Gasteiger partial charge < -0.3 is 4.52 Å². The molecule has 0 aromatic carbocycles. The fourth-order valence-electron chi connectivity index (χ4n) is 0.851. The van der Waals surface area contributed by atoms with E-state index in [0.717, 1.165) is 12.5 Å². The number of rotatable bonds is 2. The monoisotopic (exact) mass is 151 g/mol. The van der Waals surface area contributed by atoms with E-state index in [-0.39, 0.29) is 0 Å². The molecule has 2 atom stereocenters. The molecule has 0 aromatic rings. The van der Waals surface area contributed by atoms with Gasteiger partial charge in [-0.2, -0.15) is 0 Å². The SMILES string of the molecule is POCC1CN(P)C1. The van der Waals surface area contributed by atoms with Crippen LogP contribution in [0.1, 0.15) is 0 Å². The van der Waals surface area contributed by atoms with Crippen LogP contribution in [-0.2, 0) is 4.52 Å². The second-order valence-electron chi connectivity index (χ2n) is 2.15. The van der Waals surface area contributed by atoms with Crippen LogP contribution in [0.15, 0.2) is 0 Å². The van der Waals surface area contributed by atoms with Gasteiger partial charge in [0, 0.05) is 28.5 Å². The largest absolute Gasteiger partial charge is 0.365 e. The molecule has 1 fully saturated rings. The maximum atomic E-state index is 4.87. The summed E-state index contributed by atoms with van der Waals surface area (Å²) in [6.07, 6.45) is 0. The lowest BCUT2D eigenvalue weighted by molar-refractivity contribution is 0.151. The third-order valence-electron chi connectivity index (χ3n) is 1.32. The van der Waals surface area contributed by atoms with E-state index < -0.39 is 0 Å². The van der Waals surface area contributed by atoms with Gasteiger partial charge in [-0.05, 0) is 0 Å². The molecule has 2 unspecified atom stereocenters. The molecule has 1 saturated heterocycles. The molecule has 0 saturated carbocycles. The van der Waals surface area contributed by atoms with Crippen LogP contribution in [0.25, 0.3) is 0 Å². The van der Waals surface area contributed by atoms with Crippen molar-refractivity contribution in [1.82, 2.24) is 4.67 Å². The first kappa shape index (κ1) is 6.89. The van der Waals surface area contributed by atoms with Gasteiger partial charge in [-0.3, -0.25) is 4.67 Å². The van der Waals surface area contributed by atoms with Crippen LogP contribution in [0.2, 0.25) is 0 Å². The van der Waals surface area contributed by atoms with Gasteiger partial charge in [0.2, 0.25) is 0 Å². The lowest BCUT2D eigenvalue weighted by Crippen LogP contribution is -2.41. The van der Waals surface area contributed by atoms with Crippen LogP contribution in [-0.4, -0.2) is 24.4 Å². The zero-order valence-corrected chi connectivity index (χ0v) is 7.02. The molecule has 1 heterocycles. The van der Waals surface area contributed by atoms with Gasteiger partial charge >= 0.3 is 0 Å². The number of hydrogen-bond donors (Lipinski definition) is 0. The second kappa shape index (κ2) is 3.08. The molecular formula is C4H11NOP2. The third-order valence-corrected chi connectivity index (χ3v) is 1.93. The van der Waals surface area contributed by atoms with E-state index in [9.17, 15) is 0 Å². The highest BCUT2D eigenvalue weighted by atomic mass is 31.0. The summed E-state index contributed by atoms with van der Waals surface area (Å²) < 4.78 is 7.08. The van der Waals surface area contributed by atoms with E-state index in [1.165, 1.54) is 13.1 Å². The number of hydrogen-bond acceptors (Lipinski definition) is 2. The average molecular weight is 151 g/mol. The van der Waals surface area contributed by atoms with Crippen molar-refractivity contribution < 1.29 is 4.52 Å². The Balaban J connectivity index is 1.98. The Hall–Kier alpha value is 0.780.